The quantitative estimate of drug-likeness (QED) is 0.566. The molecule has 6 nitrogen and oxygen atoms in total. The zero-order valence-corrected chi connectivity index (χ0v) is 18.4. The number of oxazole rings is 1. The summed E-state index contributed by atoms with van der Waals surface area (Å²) in [5.41, 5.74) is 2.64. The molecule has 3 aromatic rings. The molecule has 0 bridgehead atoms. The number of carbonyl (C=O) groups excluding carboxylic acids is 1. The molecule has 1 atom stereocenters. The largest absolute Gasteiger partial charge is 0.443 e. The number of hydrogen-bond acceptors (Lipinski definition) is 4. The second-order valence-corrected chi connectivity index (χ2v) is 8.65. The first kappa shape index (κ1) is 20.7. The van der Waals surface area contributed by atoms with Crippen LogP contribution >= 0.6 is 11.6 Å². The van der Waals surface area contributed by atoms with Gasteiger partial charge in [-0.3, -0.25) is 9.48 Å². The maximum atomic E-state index is 13.4. The second kappa shape index (κ2) is 8.64. The summed E-state index contributed by atoms with van der Waals surface area (Å²) in [6.07, 6.45) is 5.29. The number of nitrogens with zero attached hydrogens (tertiary/aromatic N) is 4. The molecule has 4 rings (SSSR count). The zero-order chi connectivity index (χ0) is 21.3. The maximum Gasteiger partial charge on any atom is 0.272 e. The van der Waals surface area contributed by atoms with Crippen molar-refractivity contribution in [3.8, 4) is 0 Å². The van der Waals surface area contributed by atoms with Crippen molar-refractivity contribution in [2.45, 2.75) is 51.5 Å². The van der Waals surface area contributed by atoms with Crippen LogP contribution in [-0.2, 0) is 13.5 Å². The van der Waals surface area contributed by atoms with E-state index in [-0.39, 0.29) is 17.9 Å². The van der Waals surface area contributed by atoms with E-state index in [1.165, 1.54) is 0 Å². The van der Waals surface area contributed by atoms with Crippen molar-refractivity contribution in [2.24, 2.45) is 7.05 Å². The molecular formula is C23H27ClN4O2. The average molecular weight is 427 g/mol. The molecule has 1 saturated heterocycles. The molecule has 0 saturated carbocycles. The first-order valence-electron chi connectivity index (χ1n) is 10.5. The molecule has 7 heteroatoms. The fourth-order valence-electron chi connectivity index (χ4n) is 3.91. The predicted octanol–water partition coefficient (Wildman–Crippen LogP) is 5.14. The topological polar surface area (TPSA) is 64.2 Å². The van der Waals surface area contributed by atoms with Crippen LogP contribution in [0, 0.1) is 0 Å². The van der Waals surface area contributed by atoms with Gasteiger partial charge in [0.1, 0.15) is 17.5 Å². The third-order valence-electron chi connectivity index (χ3n) is 5.62. The lowest BCUT2D eigenvalue weighted by Crippen LogP contribution is -2.39. The number of likely N-dealkylation sites (tertiary alicyclic amines) is 1. The monoisotopic (exact) mass is 426 g/mol. The zero-order valence-electron chi connectivity index (χ0n) is 17.6. The van der Waals surface area contributed by atoms with Gasteiger partial charge in [0.05, 0.1) is 11.9 Å². The average Bonchev–Trinajstić information content (AvgIpc) is 3.36. The Morgan fingerprint density at radius 1 is 1.27 bits per heavy atom. The van der Waals surface area contributed by atoms with Gasteiger partial charge in [0.15, 0.2) is 0 Å². The molecule has 0 radical (unpaired) electrons. The summed E-state index contributed by atoms with van der Waals surface area (Å²) in [6.45, 7) is 4.85. The fraction of sp³-hybridized carbons (Fsp3) is 0.435. The highest BCUT2D eigenvalue weighted by Crippen LogP contribution is 2.32. The third-order valence-corrected chi connectivity index (χ3v) is 5.87. The smallest absolute Gasteiger partial charge is 0.272 e. The van der Waals surface area contributed by atoms with E-state index < -0.39 is 0 Å². The van der Waals surface area contributed by atoms with Crippen LogP contribution in [0.1, 0.15) is 78.5 Å². The van der Waals surface area contributed by atoms with Gasteiger partial charge in [0.25, 0.3) is 5.91 Å². The number of aromatic nitrogens is 3. The molecule has 158 valence electrons. The minimum atomic E-state index is -0.150. The van der Waals surface area contributed by atoms with E-state index in [1.807, 2.05) is 42.3 Å². The molecule has 0 spiro atoms. The van der Waals surface area contributed by atoms with Crippen LogP contribution in [0.15, 0.2) is 40.9 Å². The lowest BCUT2D eigenvalue weighted by molar-refractivity contribution is 0.0558. The van der Waals surface area contributed by atoms with Gasteiger partial charge in [0, 0.05) is 25.0 Å². The normalized spacial score (nSPS) is 17.0. The van der Waals surface area contributed by atoms with E-state index in [9.17, 15) is 4.79 Å². The van der Waals surface area contributed by atoms with Crippen molar-refractivity contribution >= 4 is 17.5 Å². The highest BCUT2D eigenvalue weighted by Gasteiger charge is 2.33. The molecule has 1 amide bonds. The Bertz CT molecular complexity index is 1020. The number of aryl methyl sites for hydroxylation is 1. The number of rotatable bonds is 5. The summed E-state index contributed by atoms with van der Waals surface area (Å²) >= 11 is 5.97. The van der Waals surface area contributed by atoms with Crippen LogP contribution in [-0.4, -0.2) is 32.1 Å². The Kier molecular flexibility index (Phi) is 5.95. The molecule has 0 N–H and O–H groups in total. The summed E-state index contributed by atoms with van der Waals surface area (Å²) < 4.78 is 7.77. The Labute approximate surface area is 181 Å². The van der Waals surface area contributed by atoms with Crippen LogP contribution in [0.2, 0.25) is 5.02 Å². The van der Waals surface area contributed by atoms with Crippen LogP contribution in [0.5, 0.6) is 0 Å². The van der Waals surface area contributed by atoms with Crippen LogP contribution in [0.4, 0.5) is 0 Å². The van der Waals surface area contributed by atoms with Crippen molar-refractivity contribution in [3.05, 3.63) is 70.2 Å². The number of piperidine rings is 1. The van der Waals surface area contributed by atoms with Gasteiger partial charge in [-0.05, 0) is 48.9 Å². The summed E-state index contributed by atoms with van der Waals surface area (Å²) in [5, 5.41) is 5.21. The van der Waals surface area contributed by atoms with Gasteiger partial charge in [-0.2, -0.15) is 5.10 Å². The minimum Gasteiger partial charge on any atom is -0.443 e. The molecule has 1 aliphatic heterocycles. The van der Waals surface area contributed by atoms with Crippen LogP contribution in [0.3, 0.4) is 0 Å². The van der Waals surface area contributed by atoms with E-state index in [1.54, 1.807) is 10.9 Å². The molecule has 1 aliphatic rings. The number of halogens is 1. The summed E-state index contributed by atoms with van der Waals surface area (Å²) in [7, 11) is 1.83. The molecule has 3 heterocycles. The van der Waals surface area contributed by atoms with E-state index in [4.69, 9.17) is 16.0 Å². The second-order valence-electron chi connectivity index (χ2n) is 8.21. The van der Waals surface area contributed by atoms with Gasteiger partial charge in [0.2, 0.25) is 5.89 Å². The van der Waals surface area contributed by atoms with Gasteiger partial charge in [-0.25, -0.2) is 4.98 Å². The predicted molar refractivity (Wildman–Crippen MR) is 116 cm³/mol. The number of amides is 1. The Balaban J connectivity index is 1.54. The standard InChI is InChI=1S/C23H27ClN4O2/c1-15(2)19-13-21(27(3)26-19)23(29)28-11-5-4-6-20(28)22-25-14-18(30-22)12-16-7-9-17(24)10-8-16/h7-10,13-15,20H,4-6,11-12H2,1-3H3/t20-/m1/s1. The van der Waals surface area contributed by atoms with Crippen LogP contribution in [0.25, 0.3) is 0 Å². The molecule has 2 aromatic heterocycles. The summed E-state index contributed by atoms with van der Waals surface area (Å²) in [4.78, 5) is 19.8. The van der Waals surface area contributed by atoms with Crippen LogP contribution < -0.4 is 0 Å². The van der Waals surface area contributed by atoms with Crippen molar-refractivity contribution in [3.63, 3.8) is 0 Å². The number of benzene rings is 1. The SMILES string of the molecule is CC(C)c1cc(C(=O)N2CCCC[C@@H]2c2ncc(Cc3ccc(Cl)cc3)o2)n(C)n1. The van der Waals surface area contributed by atoms with Gasteiger partial charge >= 0.3 is 0 Å². The van der Waals surface area contributed by atoms with Gasteiger partial charge in [-0.1, -0.05) is 37.6 Å². The highest BCUT2D eigenvalue weighted by molar-refractivity contribution is 6.30. The first-order chi connectivity index (χ1) is 14.4. The van der Waals surface area contributed by atoms with Crippen molar-refractivity contribution in [1.82, 2.24) is 19.7 Å². The highest BCUT2D eigenvalue weighted by atomic mass is 35.5. The minimum absolute atomic E-state index is 0.0148. The lowest BCUT2D eigenvalue weighted by Gasteiger charge is -2.33. The number of hydrogen-bond donors (Lipinski definition) is 0. The Morgan fingerprint density at radius 3 is 2.73 bits per heavy atom. The van der Waals surface area contributed by atoms with Gasteiger partial charge in [-0.15, -0.1) is 0 Å². The lowest BCUT2D eigenvalue weighted by atomic mass is 10.0. The number of carbonyl (C=O) groups is 1. The molecule has 0 aliphatic carbocycles. The maximum absolute atomic E-state index is 13.4. The Hall–Kier alpha value is -2.60. The Morgan fingerprint density at radius 2 is 2.03 bits per heavy atom. The van der Waals surface area contributed by atoms with Crippen molar-refractivity contribution in [1.29, 1.82) is 0 Å². The van der Waals surface area contributed by atoms with Crippen molar-refractivity contribution in [2.75, 3.05) is 6.54 Å². The molecule has 30 heavy (non-hydrogen) atoms. The summed E-state index contributed by atoms with van der Waals surface area (Å²) in [5.74, 6) is 1.65. The van der Waals surface area contributed by atoms with Gasteiger partial charge < -0.3 is 9.32 Å². The fourth-order valence-corrected chi connectivity index (χ4v) is 4.04. The summed E-state index contributed by atoms with van der Waals surface area (Å²) in [6, 6.07) is 9.46. The van der Waals surface area contributed by atoms with E-state index in [2.05, 4.69) is 23.9 Å². The van der Waals surface area contributed by atoms with E-state index >= 15 is 0 Å². The molecule has 1 aromatic carbocycles. The third kappa shape index (κ3) is 4.29. The van der Waals surface area contributed by atoms with Crippen molar-refractivity contribution < 1.29 is 9.21 Å². The van der Waals surface area contributed by atoms with E-state index in [0.29, 0.717) is 29.6 Å². The molecule has 0 unspecified atom stereocenters. The molecule has 1 fully saturated rings. The molecular weight excluding hydrogens is 400 g/mol. The first-order valence-corrected chi connectivity index (χ1v) is 10.8. The van der Waals surface area contributed by atoms with E-state index in [0.717, 1.165) is 36.3 Å².